The van der Waals surface area contributed by atoms with E-state index in [9.17, 15) is 5.26 Å². The third-order valence-corrected chi connectivity index (χ3v) is 10.7. The zero-order valence-electron chi connectivity index (χ0n) is 28.8. The molecule has 248 valence electrons. The highest BCUT2D eigenvalue weighted by atomic mass is 15.0. The van der Waals surface area contributed by atoms with Crippen molar-refractivity contribution in [1.29, 1.82) is 5.26 Å². The van der Waals surface area contributed by atoms with E-state index in [1.807, 2.05) is 48.5 Å². The van der Waals surface area contributed by atoms with Crippen LogP contribution in [0.25, 0.3) is 110 Å². The molecule has 0 aliphatic carbocycles. The average molecular weight is 686 g/mol. The van der Waals surface area contributed by atoms with Gasteiger partial charge in [-0.3, -0.25) is 4.98 Å². The second-order valence-electron chi connectivity index (χ2n) is 13.8. The van der Waals surface area contributed by atoms with E-state index in [0.717, 1.165) is 38.6 Å². The van der Waals surface area contributed by atoms with Crippen LogP contribution in [0.15, 0.2) is 164 Å². The second-order valence-corrected chi connectivity index (χ2v) is 13.8. The van der Waals surface area contributed by atoms with Crippen LogP contribution in [0.4, 0.5) is 0 Å². The summed E-state index contributed by atoms with van der Waals surface area (Å²) in [6.07, 6.45) is 3.55. The maximum absolute atomic E-state index is 9.33. The van der Waals surface area contributed by atoms with E-state index < -0.39 is 0 Å². The molecule has 0 amide bonds. The fourth-order valence-corrected chi connectivity index (χ4v) is 8.25. The molecule has 2 heterocycles. The Morgan fingerprint density at radius 1 is 0.370 bits per heavy atom. The molecule has 0 spiro atoms. The lowest BCUT2D eigenvalue weighted by atomic mass is 9.87. The van der Waals surface area contributed by atoms with Crippen LogP contribution in [0, 0.1) is 11.3 Å². The van der Waals surface area contributed by atoms with Gasteiger partial charge in [0.2, 0.25) is 0 Å². The highest BCUT2D eigenvalue weighted by molar-refractivity contribution is 6.37. The third-order valence-electron chi connectivity index (χ3n) is 10.7. The van der Waals surface area contributed by atoms with Gasteiger partial charge in [-0.15, -0.1) is 0 Å². The Hall–Kier alpha value is -7.55. The van der Waals surface area contributed by atoms with E-state index in [0.29, 0.717) is 23.0 Å². The monoisotopic (exact) mass is 685 g/mol. The van der Waals surface area contributed by atoms with E-state index in [-0.39, 0.29) is 0 Å². The Morgan fingerprint density at radius 3 is 1.50 bits per heavy atom. The Balaban J connectivity index is 1.22. The van der Waals surface area contributed by atoms with Crippen molar-refractivity contribution >= 4 is 64.6 Å². The predicted octanol–water partition coefficient (Wildman–Crippen LogP) is 12.2. The minimum atomic E-state index is 0.552. The number of fused-ring (bicyclic) bond motifs is 2. The first kappa shape index (κ1) is 30.1. The molecule has 9 aromatic carbocycles. The van der Waals surface area contributed by atoms with E-state index in [2.05, 4.69) is 114 Å². The zero-order valence-corrected chi connectivity index (χ0v) is 28.8. The van der Waals surface area contributed by atoms with Crippen molar-refractivity contribution in [2.75, 3.05) is 0 Å². The molecule has 0 aliphatic rings. The minimum Gasteiger partial charge on any atom is -0.264 e. The number of nitriles is 1. The first-order chi connectivity index (χ1) is 26.7. The molecule has 2 aromatic heterocycles. The van der Waals surface area contributed by atoms with Crippen LogP contribution in [0.1, 0.15) is 5.56 Å². The molecule has 0 bridgehead atoms. The third kappa shape index (κ3) is 4.64. The molecule has 0 aliphatic heterocycles. The van der Waals surface area contributed by atoms with E-state index in [1.165, 1.54) is 53.9 Å². The normalized spacial score (nSPS) is 11.7. The molecule has 5 nitrogen and oxygen atoms in total. The molecule has 0 radical (unpaired) electrons. The highest BCUT2D eigenvalue weighted by Gasteiger charge is 2.19. The number of hydrogen-bond donors (Lipinski definition) is 0. The topological polar surface area (TPSA) is 75.3 Å². The van der Waals surface area contributed by atoms with Gasteiger partial charge in [-0.1, -0.05) is 109 Å². The van der Waals surface area contributed by atoms with Crippen LogP contribution in [0.3, 0.4) is 0 Å². The summed E-state index contributed by atoms with van der Waals surface area (Å²) >= 11 is 0. The van der Waals surface area contributed by atoms with Gasteiger partial charge in [-0.05, 0) is 118 Å². The van der Waals surface area contributed by atoms with Gasteiger partial charge in [0.05, 0.1) is 11.6 Å². The minimum absolute atomic E-state index is 0.552. The molecular weight excluding hydrogens is 659 g/mol. The molecule has 0 unspecified atom stereocenters. The molecular formula is C49H27N5. The lowest BCUT2D eigenvalue weighted by molar-refractivity contribution is 1.07. The lowest BCUT2D eigenvalue weighted by Gasteiger charge is -2.17. The Morgan fingerprint density at radius 2 is 0.889 bits per heavy atom. The van der Waals surface area contributed by atoms with Gasteiger partial charge in [0, 0.05) is 29.1 Å². The first-order valence-electron chi connectivity index (χ1n) is 17.9. The summed E-state index contributed by atoms with van der Waals surface area (Å²) in [5.74, 6) is 1.71. The number of pyridine rings is 1. The number of nitrogens with zero attached hydrogens (tertiary/aromatic N) is 5. The molecule has 0 saturated heterocycles. The Kier molecular flexibility index (Phi) is 6.55. The SMILES string of the molecule is N#Cc1ccc(-c2cccc(-c3nc(-c4cccnc4)nc(-c4cc5ccc6cccc7c8cccc9ccc%10cccc(c(c4)c5c67)c%10c98)n3)c2)cc1. The van der Waals surface area contributed by atoms with Gasteiger partial charge in [-0.2, -0.15) is 5.26 Å². The van der Waals surface area contributed by atoms with Crippen molar-refractivity contribution in [3.05, 3.63) is 170 Å². The van der Waals surface area contributed by atoms with Crippen LogP contribution in [0.2, 0.25) is 0 Å². The van der Waals surface area contributed by atoms with Gasteiger partial charge in [-0.25, -0.2) is 15.0 Å². The van der Waals surface area contributed by atoms with Gasteiger partial charge in [0.25, 0.3) is 0 Å². The van der Waals surface area contributed by atoms with Crippen LogP contribution >= 0.6 is 0 Å². The number of hydrogen-bond acceptors (Lipinski definition) is 5. The molecule has 54 heavy (non-hydrogen) atoms. The maximum atomic E-state index is 9.33. The van der Waals surface area contributed by atoms with E-state index in [1.54, 1.807) is 12.4 Å². The summed E-state index contributed by atoms with van der Waals surface area (Å²) in [5, 5.41) is 23.9. The van der Waals surface area contributed by atoms with Gasteiger partial charge in [0.1, 0.15) is 0 Å². The lowest BCUT2D eigenvalue weighted by Crippen LogP contribution is -2.00. The van der Waals surface area contributed by atoms with Crippen molar-refractivity contribution in [2.24, 2.45) is 0 Å². The second kappa shape index (κ2) is 11.7. The summed E-state index contributed by atoms with van der Waals surface area (Å²) in [6, 6.07) is 55.3. The summed E-state index contributed by atoms with van der Waals surface area (Å²) < 4.78 is 0. The summed E-state index contributed by atoms with van der Waals surface area (Å²) in [6.45, 7) is 0. The first-order valence-corrected chi connectivity index (χ1v) is 17.9. The Labute approximate surface area is 309 Å². The largest absolute Gasteiger partial charge is 0.264 e. The van der Waals surface area contributed by atoms with Crippen molar-refractivity contribution in [3.63, 3.8) is 0 Å². The number of rotatable bonds is 4. The Bertz CT molecular complexity index is 3320. The van der Waals surface area contributed by atoms with Crippen LogP contribution < -0.4 is 0 Å². The molecule has 0 N–H and O–H groups in total. The predicted molar refractivity (Wildman–Crippen MR) is 220 cm³/mol. The smallest absolute Gasteiger partial charge is 0.165 e. The van der Waals surface area contributed by atoms with Crippen LogP contribution in [0.5, 0.6) is 0 Å². The van der Waals surface area contributed by atoms with Gasteiger partial charge < -0.3 is 0 Å². The summed E-state index contributed by atoms with van der Waals surface area (Å²) in [5.41, 5.74) is 5.23. The quantitative estimate of drug-likeness (QED) is 0.172. The van der Waals surface area contributed by atoms with Gasteiger partial charge >= 0.3 is 0 Å². The van der Waals surface area contributed by atoms with Crippen molar-refractivity contribution in [1.82, 2.24) is 19.9 Å². The number of benzene rings is 8. The summed E-state index contributed by atoms with van der Waals surface area (Å²) in [7, 11) is 0. The van der Waals surface area contributed by atoms with Gasteiger partial charge in [0.15, 0.2) is 17.5 Å². The fraction of sp³-hybridized carbons (Fsp3) is 0. The number of aromatic nitrogens is 4. The zero-order chi connectivity index (χ0) is 35.8. The molecule has 11 aromatic rings. The van der Waals surface area contributed by atoms with Crippen LogP contribution in [-0.4, -0.2) is 19.9 Å². The van der Waals surface area contributed by atoms with Crippen molar-refractivity contribution in [2.45, 2.75) is 0 Å². The molecule has 0 atom stereocenters. The van der Waals surface area contributed by atoms with E-state index >= 15 is 0 Å². The molecule has 0 saturated carbocycles. The highest BCUT2D eigenvalue weighted by Crippen LogP contribution is 2.44. The van der Waals surface area contributed by atoms with Crippen molar-refractivity contribution < 1.29 is 0 Å². The summed E-state index contributed by atoms with van der Waals surface area (Å²) in [4.78, 5) is 19.7. The molecule has 0 fully saturated rings. The van der Waals surface area contributed by atoms with Crippen molar-refractivity contribution in [3.8, 4) is 51.4 Å². The van der Waals surface area contributed by atoms with E-state index in [4.69, 9.17) is 15.0 Å². The maximum Gasteiger partial charge on any atom is 0.165 e. The standard InChI is InChI=1S/C49H27N5/c50-27-29-15-17-30(18-16-29)34-9-1-10-36(24-34)47-52-48(37-11-5-23-51-28-37)54-49(53-47)38-25-35-22-21-33-7-3-13-40-39-12-2-6-31-19-20-32-8-4-14-41(45(32)43(31)39)42(26-38)46(35)44(33)40/h1-26,28H. The molecule has 5 heteroatoms. The fourth-order valence-electron chi connectivity index (χ4n) is 8.25. The van der Waals surface area contributed by atoms with Crippen LogP contribution in [-0.2, 0) is 0 Å². The average Bonchev–Trinajstić information content (AvgIpc) is 3.25. The molecule has 11 rings (SSSR count).